The maximum absolute atomic E-state index is 14.3. The normalized spacial score (nSPS) is 19.8. The van der Waals surface area contributed by atoms with E-state index in [9.17, 15) is 9.67 Å². The molecule has 10 nitrogen and oxygen atoms in total. The molecule has 212 valence electrons. The van der Waals surface area contributed by atoms with E-state index in [0.29, 0.717) is 41.4 Å². The summed E-state index contributed by atoms with van der Waals surface area (Å²) in [6.45, 7) is 4.15. The number of nitrogens with zero attached hydrogens (tertiary/aromatic N) is 4. The van der Waals surface area contributed by atoms with Gasteiger partial charge in [0.1, 0.15) is 17.6 Å². The fraction of sp³-hybridized carbons (Fsp3) is 0.370. The molecular weight excluding hydrogens is 569 g/mol. The first-order valence-electron chi connectivity index (χ1n) is 12.9. The Labute approximate surface area is 241 Å². The van der Waals surface area contributed by atoms with Crippen LogP contribution in [-0.4, -0.2) is 48.9 Å². The molecule has 4 atom stereocenters. The lowest BCUT2D eigenvalue weighted by molar-refractivity contribution is 0.0672. The predicted molar refractivity (Wildman–Crippen MR) is 159 cm³/mol. The third-order valence-electron chi connectivity index (χ3n) is 6.53. The van der Waals surface area contributed by atoms with E-state index in [-0.39, 0.29) is 30.4 Å². The van der Waals surface area contributed by atoms with E-state index in [0.717, 1.165) is 16.7 Å². The number of anilines is 1. The highest BCUT2D eigenvalue weighted by Gasteiger charge is 2.36. The number of aromatic nitrogens is 4. The van der Waals surface area contributed by atoms with Crippen LogP contribution >= 0.6 is 29.2 Å². The Balaban J connectivity index is 1.31. The largest absolute Gasteiger partial charge is 0.423 e. The first-order valence-corrected chi connectivity index (χ1v) is 17.0. The molecule has 40 heavy (non-hydrogen) atoms. The molecule has 0 amide bonds. The summed E-state index contributed by atoms with van der Waals surface area (Å²) >= 11 is 0. The van der Waals surface area contributed by atoms with Gasteiger partial charge in [-0.25, -0.2) is 19.5 Å². The zero-order valence-corrected chi connectivity index (χ0v) is 24.8. The lowest BCUT2D eigenvalue weighted by Gasteiger charge is -2.32. The summed E-state index contributed by atoms with van der Waals surface area (Å²) in [6, 6.07) is 15.3. The van der Waals surface area contributed by atoms with Crippen LogP contribution in [0.3, 0.4) is 0 Å². The second-order valence-electron chi connectivity index (χ2n) is 9.59. The van der Waals surface area contributed by atoms with Crippen molar-refractivity contribution in [3.63, 3.8) is 0 Å². The molecule has 2 aromatic heterocycles. The van der Waals surface area contributed by atoms with Crippen molar-refractivity contribution in [3.8, 4) is 5.75 Å². The number of aliphatic hydroxyl groups is 1. The summed E-state index contributed by atoms with van der Waals surface area (Å²) in [5.41, 5.74) is 9.84. The van der Waals surface area contributed by atoms with Gasteiger partial charge in [0.25, 0.3) is 0 Å². The van der Waals surface area contributed by atoms with Crippen molar-refractivity contribution in [1.29, 1.82) is 0 Å². The van der Waals surface area contributed by atoms with E-state index in [4.69, 9.17) is 19.5 Å². The smallest absolute Gasteiger partial charge is 0.405 e. The molecule has 0 radical (unpaired) electrons. The molecule has 0 bridgehead atoms. The Morgan fingerprint density at radius 3 is 2.80 bits per heavy atom. The van der Waals surface area contributed by atoms with Crippen LogP contribution < -0.4 is 10.3 Å². The summed E-state index contributed by atoms with van der Waals surface area (Å²) in [5, 5.41) is 9.92. The number of imidazole rings is 1. The van der Waals surface area contributed by atoms with Crippen LogP contribution in [0, 0.1) is 6.92 Å². The van der Waals surface area contributed by atoms with Crippen molar-refractivity contribution < 1.29 is 23.5 Å². The van der Waals surface area contributed by atoms with Crippen molar-refractivity contribution >= 4 is 46.2 Å². The molecule has 3 heterocycles. The van der Waals surface area contributed by atoms with Crippen LogP contribution in [-0.2, 0) is 27.0 Å². The third kappa shape index (κ3) is 6.82. The van der Waals surface area contributed by atoms with Crippen molar-refractivity contribution in [2.75, 3.05) is 17.8 Å². The number of benzene rings is 2. The number of nitrogens with two attached hydrogens (primary N) is 1. The number of rotatable bonds is 11. The first-order chi connectivity index (χ1) is 19.3. The Hall–Kier alpha value is -2.60. The lowest BCUT2D eigenvalue weighted by Crippen LogP contribution is -2.24. The minimum atomic E-state index is -3.74. The average molecular weight is 602 g/mol. The van der Waals surface area contributed by atoms with Crippen LogP contribution in [0.5, 0.6) is 5.75 Å². The monoisotopic (exact) mass is 601 g/mol. The van der Waals surface area contributed by atoms with Gasteiger partial charge in [0.2, 0.25) is 0 Å². The van der Waals surface area contributed by atoms with E-state index < -0.39 is 7.60 Å². The molecule has 1 aliphatic rings. The second kappa shape index (κ2) is 12.9. The standard InChI is InChI=1S/C27H32N5O5PS2/c1-18-7-3-6-10-23(18)37-38(34,17-35-19(2)12-32-16-31-25-26(28)29-15-30-27(25)32)36-21-11-24(40-39-14-21)22-9-5-4-8-20(22)13-33/h3-10,15-16,19,21,24,33H,11-14,17H2,1-2H3,(H2,28,29,30). The van der Waals surface area contributed by atoms with Crippen LogP contribution in [0.25, 0.3) is 11.2 Å². The minimum Gasteiger partial charge on any atom is -0.423 e. The van der Waals surface area contributed by atoms with E-state index in [2.05, 4.69) is 15.0 Å². The Morgan fingerprint density at radius 2 is 1.98 bits per heavy atom. The van der Waals surface area contributed by atoms with E-state index >= 15 is 0 Å². The first kappa shape index (κ1) is 28.9. The highest BCUT2D eigenvalue weighted by molar-refractivity contribution is 8.76. The van der Waals surface area contributed by atoms with Gasteiger partial charge in [0.05, 0.1) is 31.7 Å². The van der Waals surface area contributed by atoms with Crippen LogP contribution in [0.15, 0.2) is 61.2 Å². The van der Waals surface area contributed by atoms with E-state index in [1.807, 2.05) is 60.9 Å². The molecule has 4 unspecified atom stereocenters. The molecule has 2 aromatic carbocycles. The topological polar surface area (TPSA) is 135 Å². The fourth-order valence-corrected chi connectivity index (χ4v) is 9.25. The number of aryl methyl sites for hydroxylation is 1. The molecule has 5 rings (SSSR count). The van der Waals surface area contributed by atoms with Gasteiger partial charge in [-0.3, -0.25) is 4.52 Å². The lowest BCUT2D eigenvalue weighted by atomic mass is 10.0. The van der Waals surface area contributed by atoms with Gasteiger partial charge in [0, 0.05) is 11.0 Å². The zero-order chi connectivity index (χ0) is 28.1. The fourth-order valence-electron chi connectivity index (χ4n) is 4.48. The summed E-state index contributed by atoms with van der Waals surface area (Å²) in [7, 11) is -0.333. The van der Waals surface area contributed by atoms with Crippen LogP contribution in [0.2, 0.25) is 0 Å². The molecule has 3 N–H and O–H groups in total. The molecule has 1 fully saturated rings. The maximum atomic E-state index is 14.3. The Morgan fingerprint density at radius 1 is 1.18 bits per heavy atom. The average Bonchev–Trinajstić information content (AvgIpc) is 3.37. The van der Waals surface area contributed by atoms with Crippen molar-refractivity contribution in [3.05, 3.63) is 77.9 Å². The summed E-state index contributed by atoms with van der Waals surface area (Å²) in [6.07, 6.45) is 2.76. The van der Waals surface area contributed by atoms with Crippen LogP contribution in [0.1, 0.15) is 35.3 Å². The molecule has 0 aliphatic carbocycles. The Bertz CT molecular complexity index is 1510. The summed E-state index contributed by atoms with van der Waals surface area (Å²) in [4.78, 5) is 12.6. The number of hydrogen-bond acceptors (Lipinski definition) is 11. The highest BCUT2D eigenvalue weighted by Crippen LogP contribution is 2.55. The third-order valence-corrected chi connectivity index (χ3v) is 10.9. The molecule has 1 aliphatic heterocycles. The number of para-hydroxylation sites is 1. The number of aliphatic hydroxyl groups excluding tert-OH is 1. The quantitative estimate of drug-likeness (QED) is 0.161. The molecular formula is C27H32N5O5PS2. The van der Waals surface area contributed by atoms with Gasteiger partial charge < -0.3 is 24.7 Å². The highest BCUT2D eigenvalue weighted by atomic mass is 33.1. The molecule has 1 saturated heterocycles. The summed E-state index contributed by atoms with van der Waals surface area (Å²) in [5.74, 6) is 1.46. The van der Waals surface area contributed by atoms with Gasteiger partial charge in [-0.15, -0.1) is 0 Å². The molecule has 0 spiro atoms. The maximum Gasteiger partial charge on any atom is 0.405 e. The van der Waals surface area contributed by atoms with Gasteiger partial charge >= 0.3 is 7.60 Å². The number of hydrogen-bond donors (Lipinski definition) is 2. The molecule has 13 heteroatoms. The van der Waals surface area contributed by atoms with Gasteiger partial charge in [-0.05, 0) is 43.0 Å². The zero-order valence-electron chi connectivity index (χ0n) is 22.3. The van der Waals surface area contributed by atoms with Gasteiger partial charge in [-0.1, -0.05) is 64.1 Å². The SMILES string of the molecule is Cc1ccccc1OP(=O)(COC(C)Cn1cnc2c(N)ncnc21)OC1CSSC(c2ccccc2CO)C1. The van der Waals surface area contributed by atoms with Crippen molar-refractivity contribution in [1.82, 2.24) is 19.5 Å². The van der Waals surface area contributed by atoms with E-state index in [1.54, 1.807) is 34.0 Å². The van der Waals surface area contributed by atoms with Crippen LogP contribution in [0.4, 0.5) is 5.82 Å². The molecule has 4 aromatic rings. The predicted octanol–water partition coefficient (Wildman–Crippen LogP) is 5.76. The van der Waals surface area contributed by atoms with Gasteiger partial charge in [-0.2, -0.15) is 0 Å². The van der Waals surface area contributed by atoms with Gasteiger partial charge in [0.15, 0.2) is 17.8 Å². The molecule has 0 saturated carbocycles. The Kier molecular flexibility index (Phi) is 9.34. The summed E-state index contributed by atoms with van der Waals surface area (Å²) < 4.78 is 34.5. The van der Waals surface area contributed by atoms with Crippen molar-refractivity contribution in [2.24, 2.45) is 0 Å². The van der Waals surface area contributed by atoms with Crippen molar-refractivity contribution in [2.45, 2.75) is 50.9 Å². The number of nitrogen functional groups attached to an aromatic ring is 1. The minimum absolute atomic E-state index is 0.0329. The second-order valence-corrected chi connectivity index (χ2v) is 14.1. The van der Waals surface area contributed by atoms with E-state index in [1.165, 1.54) is 6.33 Å². The number of ether oxygens (including phenoxy) is 1. The number of fused-ring (bicyclic) bond motifs is 1.